The molecule has 31 heavy (non-hydrogen) atoms. The minimum absolute atomic E-state index is 0.103. The van der Waals surface area contributed by atoms with Crippen LogP contribution in [0.4, 0.5) is 5.95 Å². The van der Waals surface area contributed by atoms with Gasteiger partial charge in [0.05, 0.1) is 5.69 Å². The van der Waals surface area contributed by atoms with E-state index in [1.807, 2.05) is 29.2 Å². The van der Waals surface area contributed by atoms with Gasteiger partial charge in [0, 0.05) is 36.6 Å². The SMILES string of the molecule is Cc1nc2nc(NCc3ccc(Cl)cc3)[nH]n2c(=O)c1CCC(=O)N1CCC(C)CC1. The molecule has 1 aliphatic rings. The van der Waals surface area contributed by atoms with E-state index in [9.17, 15) is 9.59 Å². The van der Waals surface area contributed by atoms with Crippen LogP contribution < -0.4 is 10.9 Å². The van der Waals surface area contributed by atoms with Crippen LogP contribution in [0.1, 0.15) is 43.0 Å². The Balaban J connectivity index is 1.45. The molecule has 0 unspecified atom stereocenters. The number of carbonyl (C=O) groups is 1. The lowest BCUT2D eigenvalue weighted by molar-refractivity contribution is -0.132. The number of benzene rings is 1. The molecule has 2 N–H and O–H groups in total. The quantitative estimate of drug-likeness (QED) is 0.611. The number of carbonyl (C=O) groups excluding carboxylic acids is 1. The summed E-state index contributed by atoms with van der Waals surface area (Å²) < 4.78 is 1.33. The van der Waals surface area contributed by atoms with Crippen LogP contribution in [0.3, 0.4) is 0 Å². The number of anilines is 1. The first-order valence-corrected chi connectivity index (χ1v) is 11.0. The summed E-state index contributed by atoms with van der Waals surface area (Å²) >= 11 is 5.92. The second-order valence-electron chi connectivity index (χ2n) is 8.23. The summed E-state index contributed by atoms with van der Waals surface area (Å²) in [6.07, 6.45) is 2.77. The number of aromatic nitrogens is 4. The first kappa shape index (κ1) is 21.4. The maximum atomic E-state index is 13.0. The van der Waals surface area contributed by atoms with Crippen LogP contribution in [0.5, 0.6) is 0 Å². The van der Waals surface area contributed by atoms with Gasteiger partial charge in [-0.25, -0.2) is 4.98 Å². The van der Waals surface area contributed by atoms with E-state index in [1.165, 1.54) is 4.52 Å². The number of H-pyrrole nitrogens is 1. The lowest BCUT2D eigenvalue weighted by Gasteiger charge is -2.30. The second kappa shape index (κ2) is 9.09. The van der Waals surface area contributed by atoms with Crippen molar-refractivity contribution in [3.8, 4) is 0 Å². The molecular formula is C22H27ClN6O2. The summed E-state index contributed by atoms with van der Waals surface area (Å²) in [5.41, 5.74) is 1.98. The zero-order valence-electron chi connectivity index (χ0n) is 17.8. The largest absolute Gasteiger partial charge is 0.351 e. The first-order chi connectivity index (χ1) is 14.9. The molecule has 9 heteroatoms. The molecule has 3 heterocycles. The van der Waals surface area contributed by atoms with Gasteiger partial charge in [-0.1, -0.05) is 30.7 Å². The molecule has 0 spiro atoms. The molecule has 164 valence electrons. The number of rotatable bonds is 6. The number of halogens is 1. The Hall–Kier alpha value is -2.87. The molecule has 3 aromatic rings. The second-order valence-corrected chi connectivity index (χ2v) is 8.67. The number of aromatic amines is 1. The third kappa shape index (κ3) is 4.90. The highest BCUT2D eigenvalue weighted by Crippen LogP contribution is 2.17. The summed E-state index contributed by atoms with van der Waals surface area (Å²) in [6.45, 7) is 6.15. The van der Waals surface area contributed by atoms with E-state index >= 15 is 0 Å². The number of hydrogen-bond donors (Lipinski definition) is 2. The molecule has 1 aromatic carbocycles. The van der Waals surface area contributed by atoms with E-state index in [2.05, 4.69) is 27.3 Å². The van der Waals surface area contributed by atoms with Crippen molar-refractivity contribution in [2.24, 2.45) is 5.92 Å². The molecule has 1 aliphatic heterocycles. The highest BCUT2D eigenvalue weighted by molar-refractivity contribution is 6.30. The van der Waals surface area contributed by atoms with Gasteiger partial charge in [0.25, 0.3) is 11.3 Å². The van der Waals surface area contributed by atoms with Crippen molar-refractivity contribution in [2.45, 2.75) is 46.1 Å². The van der Waals surface area contributed by atoms with Crippen molar-refractivity contribution in [1.82, 2.24) is 24.5 Å². The lowest BCUT2D eigenvalue weighted by Crippen LogP contribution is -2.38. The van der Waals surface area contributed by atoms with Crippen molar-refractivity contribution in [1.29, 1.82) is 0 Å². The van der Waals surface area contributed by atoms with Gasteiger partial charge in [0.2, 0.25) is 11.9 Å². The number of hydrogen-bond acceptors (Lipinski definition) is 5. The van der Waals surface area contributed by atoms with Crippen LogP contribution in [0.15, 0.2) is 29.1 Å². The summed E-state index contributed by atoms with van der Waals surface area (Å²) in [7, 11) is 0. The van der Waals surface area contributed by atoms with Gasteiger partial charge in [0.15, 0.2) is 0 Å². The Morgan fingerprint density at radius 3 is 2.65 bits per heavy atom. The van der Waals surface area contributed by atoms with E-state index in [-0.39, 0.29) is 11.5 Å². The van der Waals surface area contributed by atoms with Crippen LogP contribution >= 0.6 is 11.6 Å². The average molecular weight is 443 g/mol. The molecule has 4 rings (SSSR count). The molecule has 0 saturated carbocycles. The lowest BCUT2D eigenvalue weighted by atomic mass is 9.98. The fraction of sp³-hybridized carbons (Fsp3) is 0.455. The van der Waals surface area contributed by atoms with E-state index in [1.54, 1.807) is 6.92 Å². The van der Waals surface area contributed by atoms with Crippen LogP contribution in [-0.4, -0.2) is 43.5 Å². The summed E-state index contributed by atoms with van der Waals surface area (Å²) in [5.74, 6) is 1.53. The van der Waals surface area contributed by atoms with E-state index in [4.69, 9.17) is 11.6 Å². The monoisotopic (exact) mass is 442 g/mol. The zero-order valence-corrected chi connectivity index (χ0v) is 18.6. The number of nitrogens with zero attached hydrogens (tertiary/aromatic N) is 4. The molecule has 0 bridgehead atoms. The van der Waals surface area contributed by atoms with Gasteiger partial charge in [0.1, 0.15) is 0 Å². The summed E-state index contributed by atoms with van der Waals surface area (Å²) in [5, 5.41) is 6.81. The van der Waals surface area contributed by atoms with Crippen molar-refractivity contribution >= 4 is 29.2 Å². The Morgan fingerprint density at radius 2 is 1.94 bits per heavy atom. The average Bonchev–Trinajstić information content (AvgIpc) is 3.16. The van der Waals surface area contributed by atoms with Gasteiger partial charge >= 0.3 is 0 Å². The van der Waals surface area contributed by atoms with E-state index in [0.717, 1.165) is 31.5 Å². The molecule has 2 aromatic heterocycles. The smallest absolute Gasteiger partial charge is 0.277 e. The molecule has 1 fully saturated rings. The Kier molecular flexibility index (Phi) is 6.27. The topological polar surface area (TPSA) is 95.4 Å². The minimum atomic E-state index is -0.213. The van der Waals surface area contributed by atoms with Gasteiger partial charge in [-0.2, -0.15) is 9.50 Å². The third-order valence-corrected chi connectivity index (χ3v) is 6.15. The fourth-order valence-electron chi connectivity index (χ4n) is 3.86. The van der Waals surface area contributed by atoms with Gasteiger partial charge in [-0.15, -0.1) is 0 Å². The van der Waals surface area contributed by atoms with Crippen LogP contribution in [0.25, 0.3) is 5.78 Å². The predicted molar refractivity (Wildman–Crippen MR) is 120 cm³/mol. The van der Waals surface area contributed by atoms with Crippen molar-refractivity contribution < 1.29 is 4.79 Å². The van der Waals surface area contributed by atoms with Gasteiger partial charge < -0.3 is 10.2 Å². The van der Waals surface area contributed by atoms with Crippen LogP contribution in [-0.2, 0) is 17.8 Å². The molecule has 1 saturated heterocycles. The number of aryl methyl sites for hydroxylation is 1. The molecule has 8 nitrogen and oxygen atoms in total. The molecule has 0 atom stereocenters. The molecule has 0 aliphatic carbocycles. The van der Waals surface area contributed by atoms with Gasteiger partial charge in [-0.3, -0.25) is 14.7 Å². The summed E-state index contributed by atoms with van der Waals surface area (Å²) in [6, 6.07) is 7.49. The molecular weight excluding hydrogens is 416 g/mol. The minimum Gasteiger partial charge on any atom is -0.351 e. The van der Waals surface area contributed by atoms with Crippen molar-refractivity contribution in [3.63, 3.8) is 0 Å². The first-order valence-electron chi connectivity index (χ1n) is 10.6. The maximum absolute atomic E-state index is 13.0. The Bertz CT molecular complexity index is 1130. The highest BCUT2D eigenvalue weighted by atomic mass is 35.5. The van der Waals surface area contributed by atoms with Crippen LogP contribution in [0.2, 0.25) is 5.02 Å². The zero-order chi connectivity index (χ0) is 22.0. The van der Waals surface area contributed by atoms with Crippen molar-refractivity contribution in [3.05, 3.63) is 56.5 Å². The normalized spacial score (nSPS) is 14.9. The van der Waals surface area contributed by atoms with Crippen molar-refractivity contribution in [2.75, 3.05) is 18.4 Å². The predicted octanol–water partition coefficient (Wildman–Crippen LogP) is 3.18. The van der Waals surface area contributed by atoms with Gasteiger partial charge in [-0.05, 0) is 49.8 Å². The standard InChI is InChI=1S/C22H27ClN6O2/c1-14-9-11-28(12-10-14)19(30)8-7-18-15(2)25-22-26-21(27-29(22)20(18)31)24-13-16-3-5-17(23)6-4-16/h3-6,14H,7-13H2,1-2H3,(H2,24,25,26,27). The number of fused-ring (bicyclic) bond motifs is 1. The maximum Gasteiger partial charge on any atom is 0.277 e. The highest BCUT2D eigenvalue weighted by Gasteiger charge is 2.21. The number of piperidine rings is 1. The molecule has 0 radical (unpaired) electrons. The number of amides is 1. The number of nitrogens with one attached hydrogen (secondary N) is 2. The summed E-state index contributed by atoms with van der Waals surface area (Å²) in [4.78, 5) is 36.3. The van der Waals surface area contributed by atoms with Crippen LogP contribution in [0, 0.1) is 12.8 Å². The Morgan fingerprint density at radius 1 is 1.23 bits per heavy atom. The third-order valence-electron chi connectivity index (χ3n) is 5.89. The number of likely N-dealkylation sites (tertiary alicyclic amines) is 1. The fourth-order valence-corrected chi connectivity index (χ4v) is 3.98. The van der Waals surface area contributed by atoms with E-state index in [0.29, 0.717) is 53.3 Å². The Labute approximate surface area is 185 Å². The molecule has 1 amide bonds. The van der Waals surface area contributed by atoms with E-state index < -0.39 is 0 Å².